The number of hydrogen-bond acceptors (Lipinski definition) is 6. The highest BCUT2D eigenvalue weighted by molar-refractivity contribution is 5.99. The fourth-order valence-corrected chi connectivity index (χ4v) is 2.77. The van der Waals surface area contributed by atoms with Crippen LogP contribution in [-0.4, -0.2) is 48.6 Å². The van der Waals surface area contributed by atoms with Crippen molar-refractivity contribution in [3.63, 3.8) is 0 Å². The third kappa shape index (κ3) is 6.18. The van der Waals surface area contributed by atoms with Crippen LogP contribution in [0.25, 0.3) is 10.9 Å². The minimum absolute atomic E-state index is 0.0341. The number of aliphatic hydroxyl groups is 1. The number of benzene rings is 2. The van der Waals surface area contributed by atoms with Gasteiger partial charge in [0.15, 0.2) is 0 Å². The molecule has 3 aromatic rings. The van der Waals surface area contributed by atoms with Crippen LogP contribution in [0, 0.1) is 0 Å². The van der Waals surface area contributed by atoms with Gasteiger partial charge in [0, 0.05) is 35.8 Å². The van der Waals surface area contributed by atoms with Gasteiger partial charge in [-0.15, -0.1) is 0 Å². The number of ether oxygens (including phenoxy) is 1. The molecule has 0 atom stereocenters. The number of hydrazone groups is 1. The van der Waals surface area contributed by atoms with Gasteiger partial charge in [-0.25, -0.2) is 5.43 Å². The molecule has 1 heterocycles. The number of para-hydroxylation sites is 1. The molecule has 3 rings (SSSR count). The first-order chi connectivity index (χ1) is 14.3. The van der Waals surface area contributed by atoms with E-state index in [-0.39, 0.29) is 12.5 Å². The van der Waals surface area contributed by atoms with Crippen LogP contribution in [0.5, 0.6) is 0 Å². The van der Waals surface area contributed by atoms with E-state index in [0.717, 1.165) is 22.0 Å². The SMILES string of the molecule is O=C(N/N=C/c1cccc2cccnc12)c1ccc(CNCCOCCO)cc1. The maximum atomic E-state index is 12.3. The molecular formula is C22H24N4O3. The fraction of sp³-hybridized carbons (Fsp3) is 0.227. The number of carbonyl (C=O) groups excluding carboxylic acids is 1. The maximum absolute atomic E-state index is 12.3. The maximum Gasteiger partial charge on any atom is 0.271 e. The Kier molecular flexibility index (Phi) is 7.82. The lowest BCUT2D eigenvalue weighted by molar-refractivity contribution is 0.0938. The highest BCUT2D eigenvalue weighted by atomic mass is 16.5. The summed E-state index contributed by atoms with van der Waals surface area (Å²) in [5.41, 5.74) is 5.83. The van der Waals surface area contributed by atoms with Gasteiger partial charge in [-0.05, 0) is 23.8 Å². The number of aliphatic hydroxyl groups excluding tert-OH is 1. The van der Waals surface area contributed by atoms with Crippen LogP contribution in [0.1, 0.15) is 21.5 Å². The van der Waals surface area contributed by atoms with Gasteiger partial charge in [0.2, 0.25) is 0 Å². The third-order valence-corrected chi connectivity index (χ3v) is 4.24. The van der Waals surface area contributed by atoms with E-state index >= 15 is 0 Å². The second-order valence-electron chi connectivity index (χ2n) is 6.33. The molecule has 0 unspecified atom stereocenters. The van der Waals surface area contributed by atoms with Gasteiger partial charge < -0.3 is 15.2 Å². The Bertz CT molecular complexity index is 952. The summed E-state index contributed by atoms with van der Waals surface area (Å²) in [6.07, 6.45) is 3.33. The van der Waals surface area contributed by atoms with Gasteiger partial charge in [0.05, 0.1) is 31.6 Å². The quantitative estimate of drug-likeness (QED) is 0.279. The lowest BCUT2D eigenvalue weighted by atomic mass is 10.1. The fourth-order valence-electron chi connectivity index (χ4n) is 2.77. The molecule has 0 fully saturated rings. The standard InChI is InChI=1S/C22H24N4O3/c27-12-14-29-13-11-23-15-17-6-8-19(9-7-17)22(28)26-25-16-20-4-1-3-18-5-2-10-24-21(18)20/h1-10,16,23,27H,11-15H2,(H,26,28)/b25-16+. The number of rotatable bonds is 10. The topological polar surface area (TPSA) is 95.8 Å². The predicted octanol–water partition coefficient (Wildman–Crippen LogP) is 2.10. The molecule has 0 aliphatic rings. The molecule has 29 heavy (non-hydrogen) atoms. The summed E-state index contributed by atoms with van der Waals surface area (Å²) in [5, 5.41) is 17.0. The monoisotopic (exact) mass is 392 g/mol. The van der Waals surface area contributed by atoms with Gasteiger partial charge in [-0.2, -0.15) is 5.10 Å². The van der Waals surface area contributed by atoms with Crippen molar-refractivity contribution in [3.8, 4) is 0 Å². The molecule has 7 nitrogen and oxygen atoms in total. The molecule has 0 spiro atoms. The van der Waals surface area contributed by atoms with Crippen LogP contribution in [0.3, 0.4) is 0 Å². The third-order valence-electron chi connectivity index (χ3n) is 4.24. The average Bonchev–Trinajstić information content (AvgIpc) is 2.76. The lowest BCUT2D eigenvalue weighted by Crippen LogP contribution is -2.20. The van der Waals surface area contributed by atoms with Crippen LogP contribution in [0.2, 0.25) is 0 Å². The first kappa shape index (κ1) is 20.6. The molecule has 7 heteroatoms. The van der Waals surface area contributed by atoms with E-state index in [1.165, 1.54) is 0 Å². The van der Waals surface area contributed by atoms with Gasteiger partial charge in [-0.3, -0.25) is 9.78 Å². The molecule has 0 saturated heterocycles. The van der Waals surface area contributed by atoms with E-state index in [1.54, 1.807) is 24.5 Å². The normalized spacial score (nSPS) is 11.2. The Hall–Kier alpha value is -3.13. The predicted molar refractivity (Wildman–Crippen MR) is 113 cm³/mol. The zero-order valence-electron chi connectivity index (χ0n) is 16.0. The Morgan fingerprint density at radius 3 is 2.76 bits per heavy atom. The van der Waals surface area contributed by atoms with Crippen LogP contribution in [0.4, 0.5) is 0 Å². The molecule has 150 valence electrons. The summed E-state index contributed by atoms with van der Waals surface area (Å²) in [6.45, 7) is 2.30. The van der Waals surface area contributed by atoms with Crippen molar-refractivity contribution in [2.24, 2.45) is 5.10 Å². The number of pyridine rings is 1. The number of nitrogens with zero attached hydrogens (tertiary/aromatic N) is 2. The minimum Gasteiger partial charge on any atom is -0.394 e. The van der Waals surface area contributed by atoms with Crippen molar-refractivity contribution in [1.29, 1.82) is 0 Å². The first-order valence-electron chi connectivity index (χ1n) is 9.43. The summed E-state index contributed by atoms with van der Waals surface area (Å²) < 4.78 is 5.18. The zero-order chi connectivity index (χ0) is 20.3. The van der Waals surface area contributed by atoms with Crippen molar-refractivity contribution in [1.82, 2.24) is 15.7 Å². The second kappa shape index (κ2) is 11.0. The van der Waals surface area contributed by atoms with Crippen molar-refractivity contribution in [3.05, 3.63) is 77.5 Å². The van der Waals surface area contributed by atoms with Crippen molar-refractivity contribution < 1.29 is 14.6 Å². The number of hydrogen-bond donors (Lipinski definition) is 3. The number of nitrogens with one attached hydrogen (secondary N) is 2. The van der Waals surface area contributed by atoms with Crippen LogP contribution in [-0.2, 0) is 11.3 Å². The van der Waals surface area contributed by atoms with Crippen molar-refractivity contribution in [2.45, 2.75) is 6.54 Å². The van der Waals surface area contributed by atoms with Crippen LogP contribution < -0.4 is 10.7 Å². The number of fused-ring (bicyclic) bond motifs is 1. The Morgan fingerprint density at radius 1 is 1.10 bits per heavy atom. The number of aromatic nitrogens is 1. The molecule has 3 N–H and O–H groups in total. The molecule has 0 saturated carbocycles. The second-order valence-corrected chi connectivity index (χ2v) is 6.33. The minimum atomic E-state index is -0.272. The van der Waals surface area contributed by atoms with Crippen LogP contribution >= 0.6 is 0 Å². The van der Waals surface area contributed by atoms with Crippen molar-refractivity contribution in [2.75, 3.05) is 26.4 Å². The number of carbonyl (C=O) groups is 1. The molecule has 0 aliphatic heterocycles. The molecule has 2 aromatic carbocycles. The van der Waals surface area contributed by atoms with Crippen molar-refractivity contribution >= 4 is 23.0 Å². The van der Waals surface area contributed by atoms with E-state index in [9.17, 15) is 4.79 Å². The van der Waals surface area contributed by atoms with Gasteiger partial charge in [0.1, 0.15) is 0 Å². The summed E-state index contributed by atoms with van der Waals surface area (Å²) >= 11 is 0. The zero-order valence-corrected chi connectivity index (χ0v) is 16.0. The highest BCUT2D eigenvalue weighted by Gasteiger charge is 2.04. The van der Waals surface area contributed by atoms with Crippen LogP contribution in [0.15, 0.2) is 65.9 Å². The van der Waals surface area contributed by atoms with E-state index in [2.05, 4.69) is 20.8 Å². The smallest absolute Gasteiger partial charge is 0.271 e. The lowest BCUT2D eigenvalue weighted by Gasteiger charge is -2.06. The molecular weight excluding hydrogens is 368 g/mol. The Morgan fingerprint density at radius 2 is 1.93 bits per heavy atom. The summed E-state index contributed by atoms with van der Waals surface area (Å²) in [4.78, 5) is 16.6. The summed E-state index contributed by atoms with van der Waals surface area (Å²) in [7, 11) is 0. The summed E-state index contributed by atoms with van der Waals surface area (Å²) in [5.74, 6) is -0.272. The Labute approximate surface area is 169 Å². The van der Waals surface area contributed by atoms with Gasteiger partial charge in [0.25, 0.3) is 5.91 Å². The van der Waals surface area contributed by atoms with E-state index in [4.69, 9.17) is 9.84 Å². The summed E-state index contributed by atoms with van der Waals surface area (Å²) in [6, 6.07) is 17.0. The average molecular weight is 392 g/mol. The van der Waals surface area contributed by atoms with E-state index in [0.29, 0.717) is 31.9 Å². The van der Waals surface area contributed by atoms with E-state index in [1.807, 2.05) is 42.5 Å². The Balaban J connectivity index is 1.50. The molecule has 0 bridgehead atoms. The molecule has 0 aliphatic carbocycles. The highest BCUT2D eigenvalue weighted by Crippen LogP contribution is 2.14. The molecule has 1 aromatic heterocycles. The van der Waals surface area contributed by atoms with Gasteiger partial charge >= 0.3 is 0 Å². The number of amides is 1. The van der Waals surface area contributed by atoms with E-state index < -0.39 is 0 Å². The largest absolute Gasteiger partial charge is 0.394 e. The first-order valence-corrected chi connectivity index (χ1v) is 9.43. The van der Waals surface area contributed by atoms with Gasteiger partial charge in [-0.1, -0.05) is 36.4 Å². The molecule has 1 amide bonds. The molecule has 0 radical (unpaired) electrons.